The van der Waals surface area contributed by atoms with Crippen LogP contribution in [-0.4, -0.2) is 16.6 Å². The van der Waals surface area contributed by atoms with E-state index in [4.69, 9.17) is 5.73 Å². The van der Waals surface area contributed by atoms with Gasteiger partial charge in [-0.2, -0.15) is 0 Å². The Morgan fingerprint density at radius 1 is 1.35 bits per heavy atom. The summed E-state index contributed by atoms with van der Waals surface area (Å²) in [6, 6.07) is 9.48. The Morgan fingerprint density at radius 3 is 2.90 bits per heavy atom. The van der Waals surface area contributed by atoms with Crippen molar-refractivity contribution in [1.29, 1.82) is 0 Å². The maximum Gasteiger partial charge on any atom is 0.248 e. The highest BCUT2D eigenvalue weighted by Crippen LogP contribution is 2.21. The van der Waals surface area contributed by atoms with Gasteiger partial charge in [0.1, 0.15) is 11.6 Å². The fourth-order valence-electron chi connectivity index (χ4n) is 1.42. The minimum Gasteiger partial charge on any atom is -0.399 e. The van der Waals surface area contributed by atoms with Crippen LogP contribution < -0.4 is 16.6 Å². The predicted molar refractivity (Wildman–Crippen MR) is 77.5 cm³/mol. The van der Waals surface area contributed by atoms with E-state index in [9.17, 15) is 9.18 Å². The fourth-order valence-corrected chi connectivity index (χ4v) is 2.21. The van der Waals surface area contributed by atoms with Crippen molar-refractivity contribution in [3.63, 3.8) is 0 Å². The van der Waals surface area contributed by atoms with Gasteiger partial charge in [-0.15, -0.1) is 11.8 Å². The van der Waals surface area contributed by atoms with Gasteiger partial charge in [0.2, 0.25) is 5.91 Å². The highest BCUT2D eigenvalue weighted by Gasteiger charge is 2.04. The summed E-state index contributed by atoms with van der Waals surface area (Å²) in [6.45, 7) is 0. The van der Waals surface area contributed by atoms with Crippen LogP contribution in [0, 0.1) is 5.82 Å². The number of anilines is 2. The molecule has 1 aromatic carbocycles. The Bertz CT molecular complexity index is 574. The van der Waals surface area contributed by atoms with E-state index in [0.29, 0.717) is 16.4 Å². The topological polar surface area (TPSA) is 80.0 Å². The highest BCUT2D eigenvalue weighted by molar-refractivity contribution is 8.00. The van der Waals surface area contributed by atoms with Gasteiger partial charge in [-0.1, -0.05) is 6.07 Å². The Balaban J connectivity index is 1.80. The Labute approximate surface area is 119 Å². The van der Waals surface area contributed by atoms with E-state index in [2.05, 4.69) is 15.8 Å². The Kier molecular flexibility index (Phi) is 4.78. The lowest BCUT2D eigenvalue weighted by molar-refractivity contribution is -0.118. The van der Waals surface area contributed by atoms with Gasteiger partial charge in [0.05, 0.1) is 5.75 Å². The number of halogens is 1. The molecule has 0 atom stereocenters. The molecule has 0 aliphatic heterocycles. The molecule has 4 N–H and O–H groups in total. The third-order valence-corrected chi connectivity index (χ3v) is 3.23. The molecule has 20 heavy (non-hydrogen) atoms. The van der Waals surface area contributed by atoms with Gasteiger partial charge in [-0.3, -0.25) is 15.6 Å². The van der Waals surface area contributed by atoms with E-state index in [1.807, 2.05) is 0 Å². The first-order valence-electron chi connectivity index (χ1n) is 5.78. The molecule has 0 aliphatic rings. The molecule has 2 rings (SSSR count). The molecule has 0 unspecified atom stereocenters. The number of aromatic nitrogens is 1. The third-order valence-electron chi connectivity index (χ3n) is 2.26. The molecular weight excluding hydrogens is 279 g/mol. The average Bonchev–Trinajstić information content (AvgIpc) is 2.43. The van der Waals surface area contributed by atoms with Crippen LogP contribution in [0.4, 0.5) is 15.9 Å². The molecule has 0 fully saturated rings. The SMILES string of the molecule is Nc1cc(F)cc(SCC(=O)NNc2ccccn2)c1. The van der Waals surface area contributed by atoms with Crippen LogP contribution in [0.25, 0.3) is 0 Å². The van der Waals surface area contributed by atoms with Gasteiger partial charge in [-0.25, -0.2) is 9.37 Å². The summed E-state index contributed by atoms with van der Waals surface area (Å²) < 4.78 is 13.1. The van der Waals surface area contributed by atoms with Gasteiger partial charge in [-0.05, 0) is 30.3 Å². The number of amides is 1. The zero-order valence-electron chi connectivity index (χ0n) is 10.5. The number of nitrogens with two attached hydrogens (primary N) is 1. The van der Waals surface area contributed by atoms with E-state index >= 15 is 0 Å². The first-order valence-corrected chi connectivity index (χ1v) is 6.77. The molecule has 1 heterocycles. The van der Waals surface area contributed by atoms with Crippen LogP contribution in [0.15, 0.2) is 47.5 Å². The molecule has 104 valence electrons. The molecule has 1 amide bonds. The molecule has 0 radical (unpaired) electrons. The van der Waals surface area contributed by atoms with Crippen molar-refractivity contribution in [2.45, 2.75) is 4.90 Å². The summed E-state index contributed by atoms with van der Waals surface area (Å²) in [5, 5.41) is 0. The molecule has 0 saturated heterocycles. The molecule has 7 heteroatoms. The number of hydrogen-bond donors (Lipinski definition) is 3. The van der Waals surface area contributed by atoms with Crippen molar-refractivity contribution >= 4 is 29.2 Å². The van der Waals surface area contributed by atoms with Gasteiger partial charge in [0.15, 0.2) is 0 Å². The Hall–Kier alpha value is -2.28. The number of hydrogen-bond acceptors (Lipinski definition) is 5. The van der Waals surface area contributed by atoms with Crippen molar-refractivity contribution in [1.82, 2.24) is 10.4 Å². The molecule has 2 aromatic rings. The second kappa shape index (κ2) is 6.76. The van der Waals surface area contributed by atoms with E-state index in [-0.39, 0.29) is 11.7 Å². The molecule has 0 bridgehead atoms. The van der Waals surface area contributed by atoms with Gasteiger partial charge < -0.3 is 5.73 Å². The van der Waals surface area contributed by atoms with Crippen molar-refractivity contribution in [2.24, 2.45) is 0 Å². The zero-order chi connectivity index (χ0) is 14.4. The molecule has 5 nitrogen and oxygen atoms in total. The monoisotopic (exact) mass is 292 g/mol. The van der Waals surface area contributed by atoms with Crippen molar-refractivity contribution in [2.75, 3.05) is 16.9 Å². The number of nitrogen functional groups attached to an aromatic ring is 1. The lowest BCUT2D eigenvalue weighted by Gasteiger charge is -2.07. The van der Waals surface area contributed by atoms with Gasteiger partial charge in [0, 0.05) is 16.8 Å². The molecule has 1 aromatic heterocycles. The Morgan fingerprint density at radius 2 is 2.20 bits per heavy atom. The second-order valence-electron chi connectivity index (χ2n) is 3.90. The van der Waals surface area contributed by atoms with Crippen LogP contribution in [0.5, 0.6) is 0 Å². The van der Waals surface area contributed by atoms with Crippen molar-refractivity contribution < 1.29 is 9.18 Å². The van der Waals surface area contributed by atoms with E-state index in [1.54, 1.807) is 30.5 Å². The molecular formula is C13H13FN4OS. The lowest BCUT2D eigenvalue weighted by atomic mass is 10.3. The minimum atomic E-state index is -0.417. The maximum atomic E-state index is 13.1. The smallest absolute Gasteiger partial charge is 0.248 e. The summed E-state index contributed by atoms with van der Waals surface area (Å²) in [6.07, 6.45) is 1.61. The van der Waals surface area contributed by atoms with Crippen LogP contribution in [-0.2, 0) is 4.79 Å². The average molecular weight is 292 g/mol. The van der Waals surface area contributed by atoms with E-state index < -0.39 is 5.82 Å². The second-order valence-corrected chi connectivity index (χ2v) is 4.95. The van der Waals surface area contributed by atoms with Crippen LogP contribution in [0.1, 0.15) is 0 Å². The molecule has 0 saturated carbocycles. The summed E-state index contributed by atoms with van der Waals surface area (Å²) in [5.74, 6) is 0.0202. The van der Waals surface area contributed by atoms with Crippen LogP contribution in [0.2, 0.25) is 0 Å². The molecule has 0 aliphatic carbocycles. The van der Waals surface area contributed by atoms with Gasteiger partial charge in [0.25, 0.3) is 0 Å². The van der Waals surface area contributed by atoms with Crippen molar-refractivity contribution in [3.8, 4) is 0 Å². The zero-order valence-corrected chi connectivity index (χ0v) is 11.3. The first-order chi connectivity index (χ1) is 9.63. The largest absolute Gasteiger partial charge is 0.399 e. The third kappa shape index (κ3) is 4.43. The number of pyridine rings is 1. The fraction of sp³-hybridized carbons (Fsp3) is 0.0769. The maximum absolute atomic E-state index is 13.1. The number of thioether (sulfide) groups is 1. The number of rotatable bonds is 5. The minimum absolute atomic E-state index is 0.142. The van der Waals surface area contributed by atoms with Crippen molar-refractivity contribution in [3.05, 3.63) is 48.4 Å². The van der Waals surface area contributed by atoms with Crippen LogP contribution >= 0.6 is 11.8 Å². The highest BCUT2D eigenvalue weighted by atomic mass is 32.2. The van der Waals surface area contributed by atoms with Gasteiger partial charge >= 0.3 is 0 Å². The number of nitrogens with zero attached hydrogens (tertiary/aromatic N) is 1. The quantitative estimate of drug-likeness (QED) is 0.446. The molecule has 0 spiro atoms. The summed E-state index contributed by atoms with van der Waals surface area (Å²) in [7, 11) is 0. The summed E-state index contributed by atoms with van der Waals surface area (Å²) in [4.78, 5) is 16.2. The number of carbonyl (C=O) groups is 1. The number of hydrazine groups is 1. The van der Waals surface area contributed by atoms with E-state index in [1.165, 1.54) is 23.9 Å². The number of carbonyl (C=O) groups excluding carboxylic acids is 1. The standard InChI is InChI=1S/C13H13FN4OS/c14-9-5-10(15)7-11(6-9)20-8-13(19)18-17-12-3-1-2-4-16-12/h1-7H,8,15H2,(H,16,17)(H,18,19). The number of nitrogens with one attached hydrogen (secondary N) is 2. The van der Waals surface area contributed by atoms with E-state index in [0.717, 1.165) is 0 Å². The summed E-state index contributed by atoms with van der Waals surface area (Å²) >= 11 is 1.20. The lowest BCUT2D eigenvalue weighted by Crippen LogP contribution is -2.31. The summed E-state index contributed by atoms with van der Waals surface area (Å²) in [5.41, 5.74) is 11.0. The first kappa shape index (κ1) is 14.1. The predicted octanol–water partition coefficient (Wildman–Crippen LogP) is 2.04. The number of benzene rings is 1. The van der Waals surface area contributed by atoms with Crippen LogP contribution in [0.3, 0.4) is 0 Å². The normalized spacial score (nSPS) is 10.1.